The molecule has 0 bridgehead atoms. The van der Waals surface area contributed by atoms with Crippen molar-refractivity contribution in [2.45, 2.75) is 44.3 Å². The van der Waals surface area contributed by atoms with Crippen LogP contribution in [-0.4, -0.2) is 13.8 Å². The Labute approximate surface area is 93.5 Å². The summed E-state index contributed by atoms with van der Waals surface area (Å²) in [5.41, 5.74) is 1.89. The molecule has 1 saturated heterocycles. The molecule has 0 radical (unpaired) electrons. The third-order valence-corrected chi connectivity index (χ3v) is 5.51. The van der Waals surface area contributed by atoms with E-state index >= 15 is 0 Å². The predicted molar refractivity (Wildman–Crippen MR) is 66.6 cm³/mol. The van der Waals surface area contributed by atoms with Crippen LogP contribution in [0, 0.1) is 0 Å². The molecular weight excluding hydrogens is 200 g/mol. The molecule has 1 heterocycles. The van der Waals surface area contributed by atoms with Crippen molar-refractivity contribution in [3.8, 4) is 0 Å². The molecule has 2 rings (SSSR count). The number of benzene rings is 1. The van der Waals surface area contributed by atoms with Crippen LogP contribution in [0.1, 0.15) is 24.5 Å². The van der Waals surface area contributed by atoms with Crippen molar-refractivity contribution in [2.24, 2.45) is 0 Å². The summed E-state index contributed by atoms with van der Waals surface area (Å²) in [4.78, 5) is 0. The molecule has 0 spiro atoms. The first-order valence-corrected chi connectivity index (χ1v) is 9.35. The fourth-order valence-electron chi connectivity index (χ4n) is 2.19. The summed E-state index contributed by atoms with van der Waals surface area (Å²) in [5.74, 6) is 0. The Kier molecular flexibility index (Phi) is 2.98. The second kappa shape index (κ2) is 4.10. The maximum Gasteiger partial charge on any atom is 0.0825 e. The standard InChI is InChI=1S/C13H20OSi/c1-15(2,3)13-10-9-12(14-13)11-7-5-4-6-8-11/h4-8,12-13H,9-10H2,1-3H3/t12-,13+/m1/s1. The van der Waals surface area contributed by atoms with Crippen molar-refractivity contribution >= 4 is 8.07 Å². The molecule has 1 aliphatic heterocycles. The van der Waals surface area contributed by atoms with E-state index in [0.717, 1.165) is 0 Å². The highest BCUT2D eigenvalue weighted by atomic mass is 28.3. The number of ether oxygens (including phenoxy) is 1. The van der Waals surface area contributed by atoms with E-state index < -0.39 is 8.07 Å². The summed E-state index contributed by atoms with van der Waals surface area (Å²) in [5, 5.41) is 0. The first kappa shape index (κ1) is 10.9. The minimum atomic E-state index is -1.12. The summed E-state index contributed by atoms with van der Waals surface area (Å²) in [7, 11) is -1.12. The van der Waals surface area contributed by atoms with Gasteiger partial charge in [0.15, 0.2) is 0 Å². The summed E-state index contributed by atoms with van der Waals surface area (Å²) < 4.78 is 6.17. The topological polar surface area (TPSA) is 9.23 Å². The van der Waals surface area contributed by atoms with Crippen molar-refractivity contribution in [1.29, 1.82) is 0 Å². The van der Waals surface area contributed by atoms with Crippen LogP contribution < -0.4 is 0 Å². The third kappa shape index (κ3) is 2.50. The molecule has 0 amide bonds. The minimum Gasteiger partial charge on any atom is -0.374 e. The molecule has 0 aromatic heterocycles. The van der Waals surface area contributed by atoms with Gasteiger partial charge in [-0.2, -0.15) is 0 Å². The largest absolute Gasteiger partial charge is 0.374 e. The molecule has 0 saturated carbocycles. The van der Waals surface area contributed by atoms with Gasteiger partial charge in [-0.3, -0.25) is 0 Å². The van der Waals surface area contributed by atoms with Crippen molar-refractivity contribution in [1.82, 2.24) is 0 Å². The molecule has 2 atom stereocenters. The van der Waals surface area contributed by atoms with Crippen molar-refractivity contribution in [3.63, 3.8) is 0 Å². The van der Waals surface area contributed by atoms with Gasteiger partial charge in [0.05, 0.1) is 14.2 Å². The third-order valence-electron chi connectivity index (χ3n) is 3.16. The van der Waals surface area contributed by atoms with E-state index in [2.05, 4.69) is 50.0 Å². The quantitative estimate of drug-likeness (QED) is 0.689. The van der Waals surface area contributed by atoms with Gasteiger partial charge in [-0.05, 0) is 18.4 Å². The maximum atomic E-state index is 6.17. The van der Waals surface area contributed by atoms with E-state index in [-0.39, 0.29) is 0 Å². The summed E-state index contributed by atoms with van der Waals surface area (Å²) in [6.07, 6.45) is 2.79. The lowest BCUT2D eigenvalue weighted by Crippen LogP contribution is -2.37. The van der Waals surface area contributed by atoms with Crippen LogP contribution in [0.25, 0.3) is 0 Å². The molecule has 1 aromatic rings. The van der Waals surface area contributed by atoms with Gasteiger partial charge in [-0.1, -0.05) is 50.0 Å². The van der Waals surface area contributed by atoms with Crippen LogP contribution in [-0.2, 0) is 4.74 Å². The lowest BCUT2D eigenvalue weighted by Gasteiger charge is -2.25. The molecule has 1 aliphatic rings. The highest BCUT2D eigenvalue weighted by Crippen LogP contribution is 2.36. The van der Waals surface area contributed by atoms with E-state index in [1.807, 2.05) is 0 Å². The second-order valence-corrected chi connectivity index (χ2v) is 10.8. The highest BCUT2D eigenvalue weighted by molar-refractivity contribution is 6.77. The fourth-order valence-corrected chi connectivity index (χ4v) is 3.79. The molecule has 15 heavy (non-hydrogen) atoms. The molecule has 1 fully saturated rings. The van der Waals surface area contributed by atoms with Gasteiger partial charge < -0.3 is 4.74 Å². The van der Waals surface area contributed by atoms with Gasteiger partial charge in [-0.15, -0.1) is 0 Å². The van der Waals surface area contributed by atoms with Crippen molar-refractivity contribution < 1.29 is 4.74 Å². The monoisotopic (exact) mass is 220 g/mol. The van der Waals surface area contributed by atoms with Gasteiger partial charge >= 0.3 is 0 Å². The average molecular weight is 220 g/mol. The zero-order valence-electron chi connectivity index (χ0n) is 9.86. The first-order chi connectivity index (χ1) is 7.07. The zero-order chi connectivity index (χ0) is 10.9. The number of hydrogen-bond acceptors (Lipinski definition) is 1. The van der Waals surface area contributed by atoms with Crippen LogP contribution in [0.2, 0.25) is 19.6 Å². The average Bonchev–Trinajstić information content (AvgIpc) is 2.67. The normalized spacial score (nSPS) is 26.9. The van der Waals surface area contributed by atoms with Crippen LogP contribution in [0.15, 0.2) is 30.3 Å². The van der Waals surface area contributed by atoms with Gasteiger partial charge in [0.2, 0.25) is 0 Å². The lowest BCUT2D eigenvalue weighted by molar-refractivity contribution is 0.0825. The molecule has 0 unspecified atom stereocenters. The predicted octanol–water partition coefficient (Wildman–Crippen LogP) is 3.78. The lowest BCUT2D eigenvalue weighted by atomic mass is 10.1. The molecule has 0 N–H and O–H groups in total. The van der Waals surface area contributed by atoms with Gasteiger partial charge in [0.25, 0.3) is 0 Å². The van der Waals surface area contributed by atoms with E-state index in [1.165, 1.54) is 18.4 Å². The van der Waals surface area contributed by atoms with Crippen LogP contribution in [0.5, 0.6) is 0 Å². The smallest absolute Gasteiger partial charge is 0.0825 e. The Morgan fingerprint density at radius 2 is 1.73 bits per heavy atom. The van der Waals surface area contributed by atoms with Crippen LogP contribution >= 0.6 is 0 Å². The van der Waals surface area contributed by atoms with Gasteiger partial charge in [-0.25, -0.2) is 0 Å². The molecular formula is C13H20OSi. The van der Waals surface area contributed by atoms with Gasteiger partial charge in [0, 0.05) is 5.73 Å². The van der Waals surface area contributed by atoms with E-state index in [1.54, 1.807) is 0 Å². The van der Waals surface area contributed by atoms with Crippen LogP contribution in [0.4, 0.5) is 0 Å². The van der Waals surface area contributed by atoms with Gasteiger partial charge in [0.1, 0.15) is 0 Å². The highest BCUT2D eigenvalue weighted by Gasteiger charge is 2.35. The zero-order valence-corrected chi connectivity index (χ0v) is 10.9. The molecule has 1 nitrogen and oxygen atoms in total. The van der Waals surface area contributed by atoms with Crippen molar-refractivity contribution in [2.75, 3.05) is 0 Å². The van der Waals surface area contributed by atoms with E-state index in [4.69, 9.17) is 4.74 Å². The Bertz CT molecular complexity index is 315. The number of hydrogen-bond donors (Lipinski definition) is 0. The molecule has 0 aliphatic carbocycles. The SMILES string of the molecule is C[Si](C)(C)[C@H]1CC[C@H](c2ccccc2)O1. The Morgan fingerprint density at radius 1 is 1.07 bits per heavy atom. The minimum absolute atomic E-state index is 0.350. The summed E-state index contributed by atoms with van der Waals surface area (Å²) in [6, 6.07) is 10.6. The maximum absolute atomic E-state index is 6.17. The fraction of sp³-hybridized carbons (Fsp3) is 0.538. The van der Waals surface area contributed by atoms with Crippen molar-refractivity contribution in [3.05, 3.63) is 35.9 Å². The Hall–Kier alpha value is -0.603. The molecule has 2 heteroatoms. The Balaban J connectivity index is 2.05. The van der Waals surface area contributed by atoms with E-state index in [9.17, 15) is 0 Å². The summed E-state index contributed by atoms with van der Waals surface area (Å²) in [6.45, 7) is 7.18. The number of rotatable bonds is 2. The Morgan fingerprint density at radius 3 is 2.27 bits per heavy atom. The molecule has 82 valence electrons. The van der Waals surface area contributed by atoms with E-state index in [0.29, 0.717) is 11.8 Å². The summed E-state index contributed by atoms with van der Waals surface area (Å²) >= 11 is 0. The van der Waals surface area contributed by atoms with Crippen LogP contribution in [0.3, 0.4) is 0 Å². The molecule has 1 aromatic carbocycles. The first-order valence-electron chi connectivity index (χ1n) is 5.78. The second-order valence-electron chi connectivity index (χ2n) is 5.47.